The molecule has 2 heterocycles. The highest BCUT2D eigenvalue weighted by Gasteiger charge is 2.47. The van der Waals surface area contributed by atoms with E-state index >= 15 is 0 Å². The second-order valence-corrected chi connectivity index (χ2v) is 17.3. The van der Waals surface area contributed by atoms with E-state index in [4.69, 9.17) is 28.4 Å². The summed E-state index contributed by atoms with van der Waals surface area (Å²) in [6.45, 7) is 3.55. The van der Waals surface area contributed by atoms with Crippen LogP contribution in [0.4, 0.5) is 0 Å². The highest BCUT2D eigenvalue weighted by Crippen LogP contribution is 2.26. The summed E-state index contributed by atoms with van der Waals surface area (Å²) in [4.78, 5) is 13.0. The van der Waals surface area contributed by atoms with Crippen LogP contribution in [0.5, 0.6) is 0 Å². The molecule has 14 nitrogen and oxygen atoms in total. The second kappa shape index (κ2) is 38.0. The van der Waals surface area contributed by atoms with Crippen LogP contribution in [0.2, 0.25) is 0 Å². The molecule has 0 bridgehead atoms. The van der Waals surface area contributed by atoms with Gasteiger partial charge in [0.25, 0.3) is 0 Å². The molecule has 0 aromatic carbocycles. The van der Waals surface area contributed by atoms with E-state index in [1.807, 2.05) is 0 Å². The van der Waals surface area contributed by atoms with E-state index in [1.165, 1.54) is 44.9 Å². The normalized spacial score (nSPS) is 27.1. The smallest absolute Gasteiger partial charge is 0.306 e. The van der Waals surface area contributed by atoms with Crippen LogP contribution in [0.15, 0.2) is 48.6 Å². The lowest BCUT2D eigenvalue weighted by molar-refractivity contribution is -0.332. The Hall–Kier alpha value is -2.05. The van der Waals surface area contributed by atoms with Gasteiger partial charge in [0.2, 0.25) is 0 Å². The maximum Gasteiger partial charge on any atom is 0.306 e. The zero-order valence-electron chi connectivity index (χ0n) is 39.3. The maximum absolute atomic E-state index is 13.0. The Kier molecular flexibility index (Phi) is 34.5. The fraction of sp³-hybridized carbons (Fsp3) is 0.820. The van der Waals surface area contributed by atoms with Crippen LogP contribution < -0.4 is 0 Å². The van der Waals surface area contributed by atoms with Crippen LogP contribution in [0, 0.1) is 0 Å². The lowest BCUT2D eigenvalue weighted by atomic mass is 9.98. The molecule has 2 aliphatic heterocycles. The number of allylic oxidation sites excluding steroid dienone is 8. The summed E-state index contributed by atoms with van der Waals surface area (Å²) in [5, 5.41) is 72.0. The summed E-state index contributed by atoms with van der Waals surface area (Å²) in [7, 11) is 0. The molecule has 0 aliphatic carbocycles. The van der Waals surface area contributed by atoms with Gasteiger partial charge < -0.3 is 64.2 Å². The third-order valence-corrected chi connectivity index (χ3v) is 11.5. The molecule has 372 valence electrons. The van der Waals surface area contributed by atoms with Crippen molar-refractivity contribution < 1.29 is 69.0 Å². The summed E-state index contributed by atoms with van der Waals surface area (Å²) >= 11 is 0. The maximum atomic E-state index is 13.0. The van der Waals surface area contributed by atoms with Gasteiger partial charge in [0.1, 0.15) is 54.9 Å². The molecule has 2 fully saturated rings. The number of aliphatic hydroxyl groups is 7. The minimum absolute atomic E-state index is 0.0473. The van der Waals surface area contributed by atoms with Crippen molar-refractivity contribution in [2.45, 2.75) is 229 Å². The quantitative estimate of drug-likeness (QED) is 0.0193. The van der Waals surface area contributed by atoms with Crippen molar-refractivity contribution in [2.75, 3.05) is 33.0 Å². The number of aliphatic hydroxyl groups excluding tert-OH is 7. The van der Waals surface area contributed by atoms with Gasteiger partial charge in [-0.15, -0.1) is 0 Å². The topological polar surface area (TPSA) is 214 Å². The summed E-state index contributed by atoms with van der Waals surface area (Å²) in [5.74, 6) is -0.397. The van der Waals surface area contributed by atoms with Gasteiger partial charge in [-0.2, -0.15) is 0 Å². The zero-order chi connectivity index (χ0) is 46.6. The van der Waals surface area contributed by atoms with Crippen molar-refractivity contribution in [2.24, 2.45) is 0 Å². The summed E-state index contributed by atoms with van der Waals surface area (Å²) in [6, 6.07) is 0. The van der Waals surface area contributed by atoms with Crippen LogP contribution in [0.25, 0.3) is 0 Å². The van der Waals surface area contributed by atoms with Crippen molar-refractivity contribution in [3.05, 3.63) is 48.6 Å². The van der Waals surface area contributed by atoms with Gasteiger partial charge in [0.15, 0.2) is 12.6 Å². The number of hydrogen-bond donors (Lipinski definition) is 7. The first-order valence-electron chi connectivity index (χ1n) is 24.7. The monoisotopic (exact) mass is 913 g/mol. The summed E-state index contributed by atoms with van der Waals surface area (Å²) in [6.07, 6.45) is 26.0. The minimum Gasteiger partial charge on any atom is -0.457 e. The molecule has 2 rings (SSSR count). The van der Waals surface area contributed by atoms with Gasteiger partial charge in [0, 0.05) is 13.0 Å². The first kappa shape index (κ1) is 58.1. The lowest BCUT2D eigenvalue weighted by Gasteiger charge is -2.42. The Morgan fingerprint density at radius 1 is 0.516 bits per heavy atom. The van der Waals surface area contributed by atoms with Crippen LogP contribution in [-0.4, -0.2) is 142 Å². The largest absolute Gasteiger partial charge is 0.457 e. The number of carbonyl (C=O) groups is 1. The van der Waals surface area contributed by atoms with Crippen molar-refractivity contribution in [3.63, 3.8) is 0 Å². The number of esters is 1. The van der Waals surface area contributed by atoms with Gasteiger partial charge in [-0.3, -0.25) is 4.79 Å². The molecule has 11 unspecified atom stereocenters. The zero-order valence-corrected chi connectivity index (χ0v) is 39.3. The van der Waals surface area contributed by atoms with E-state index in [2.05, 4.69) is 62.5 Å². The van der Waals surface area contributed by atoms with Crippen molar-refractivity contribution in [1.29, 1.82) is 0 Å². The van der Waals surface area contributed by atoms with E-state index < -0.39 is 86.7 Å². The molecule has 7 N–H and O–H groups in total. The van der Waals surface area contributed by atoms with Crippen LogP contribution in [0.3, 0.4) is 0 Å². The van der Waals surface area contributed by atoms with Crippen molar-refractivity contribution in [1.82, 2.24) is 0 Å². The average Bonchev–Trinajstić information content (AvgIpc) is 3.29. The Morgan fingerprint density at radius 2 is 1.00 bits per heavy atom. The Bertz CT molecular complexity index is 1240. The number of unbranched alkanes of at least 4 members (excludes halogenated alkanes) is 16. The summed E-state index contributed by atoms with van der Waals surface area (Å²) in [5.41, 5.74) is 0. The molecule has 0 aromatic heterocycles. The molecule has 14 heteroatoms. The average molecular weight is 913 g/mol. The molecule has 2 aliphatic rings. The first-order valence-corrected chi connectivity index (χ1v) is 24.7. The van der Waals surface area contributed by atoms with E-state index in [9.17, 15) is 40.5 Å². The standard InChI is InChI=1S/C50H88O14/c1-3-5-7-9-11-13-15-17-18-19-20-22-24-26-28-30-32-34-59-36-39(62-42(52)33-31-29-27-25-23-21-16-14-12-10-8-6-4-2)37-60-49-48(58)46(56)44(54)41(64-49)38-61-50-47(57)45(55)43(53)40(35-51)63-50/h8,10,13-16,18-19,39-41,43-51,53-58H,3-7,9,11-12,17,20-38H2,1-2H3/b10-8-,15-13-,16-14-,19-18-. The number of carbonyl (C=O) groups excluding carboxylic acids is 1. The molecule has 0 radical (unpaired) electrons. The molecule has 0 aromatic rings. The SMILES string of the molecule is CCC/C=C\C/C=C\CCCCCCCC(=O)OC(COCCCCCCCC/C=C\C/C=C\CCCCCC)COC1OC(COC2OC(CO)C(O)C(O)C2O)C(O)C(O)C1O. The Morgan fingerprint density at radius 3 is 1.56 bits per heavy atom. The van der Waals surface area contributed by atoms with Crippen LogP contribution >= 0.6 is 0 Å². The lowest BCUT2D eigenvalue weighted by Crippen LogP contribution is -2.61. The molecular formula is C50H88O14. The number of rotatable bonds is 38. The van der Waals surface area contributed by atoms with Gasteiger partial charge in [0.05, 0.1) is 26.4 Å². The van der Waals surface area contributed by atoms with Crippen LogP contribution in [-0.2, 0) is 33.2 Å². The van der Waals surface area contributed by atoms with Crippen molar-refractivity contribution >= 4 is 5.97 Å². The number of ether oxygens (including phenoxy) is 6. The van der Waals surface area contributed by atoms with E-state index in [0.717, 1.165) is 89.9 Å². The van der Waals surface area contributed by atoms with E-state index in [1.54, 1.807) is 0 Å². The van der Waals surface area contributed by atoms with Gasteiger partial charge in [-0.05, 0) is 70.6 Å². The fourth-order valence-electron chi connectivity index (χ4n) is 7.47. The van der Waals surface area contributed by atoms with Gasteiger partial charge in [-0.1, -0.05) is 133 Å². The Labute approximate surface area is 384 Å². The molecule has 0 spiro atoms. The van der Waals surface area contributed by atoms with Gasteiger partial charge in [-0.25, -0.2) is 0 Å². The third-order valence-electron chi connectivity index (χ3n) is 11.5. The van der Waals surface area contributed by atoms with Crippen LogP contribution in [0.1, 0.15) is 162 Å². The van der Waals surface area contributed by atoms with E-state index in [0.29, 0.717) is 13.0 Å². The van der Waals surface area contributed by atoms with Gasteiger partial charge >= 0.3 is 5.97 Å². The molecule has 0 saturated carbocycles. The summed E-state index contributed by atoms with van der Waals surface area (Å²) < 4.78 is 34.2. The molecule has 11 atom stereocenters. The van der Waals surface area contributed by atoms with E-state index in [-0.39, 0.29) is 19.6 Å². The third kappa shape index (κ3) is 25.7. The second-order valence-electron chi connectivity index (χ2n) is 17.3. The Balaban J connectivity index is 1.79. The molecule has 2 saturated heterocycles. The van der Waals surface area contributed by atoms with Crippen molar-refractivity contribution in [3.8, 4) is 0 Å². The molecule has 0 amide bonds. The fourth-order valence-corrected chi connectivity index (χ4v) is 7.47. The predicted molar refractivity (Wildman–Crippen MR) is 247 cm³/mol. The molecular weight excluding hydrogens is 825 g/mol. The first-order chi connectivity index (χ1) is 31.1. The predicted octanol–water partition coefficient (Wildman–Crippen LogP) is 6.79. The highest BCUT2D eigenvalue weighted by molar-refractivity contribution is 5.69. The number of hydrogen-bond acceptors (Lipinski definition) is 14. The highest BCUT2D eigenvalue weighted by atomic mass is 16.7. The molecule has 64 heavy (non-hydrogen) atoms. The minimum atomic E-state index is -1.71.